The summed E-state index contributed by atoms with van der Waals surface area (Å²) >= 11 is 0. The van der Waals surface area contributed by atoms with Crippen molar-refractivity contribution in [3.05, 3.63) is 12.3 Å². The summed E-state index contributed by atoms with van der Waals surface area (Å²) in [5, 5.41) is 11.8. The molecule has 56 valence electrons. The molecular formula is C5H7N2O3-. The van der Waals surface area contributed by atoms with Gasteiger partial charge in [-0.2, -0.15) is 0 Å². The Morgan fingerprint density at radius 2 is 2.10 bits per heavy atom. The van der Waals surface area contributed by atoms with E-state index >= 15 is 0 Å². The number of nitrogens with one attached hydrogen (secondary N) is 1. The number of hydrogen-bond donors (Lipinski definition) is 2. The highest BCUT2D eigenvalue weighted by molar-refractivity contribution is 5.76. The van der Waals surface area contributed by atoms with E-state index < -0.39 is 18.4 Å². The van der Waals surface area contributed by atoms with E-state index in [0.717, 1.165) is 0 Å². The van der Waals surface area contributed by atoms with Gasteiger partial charge in [0, 0.05) is 18.1 Å². The van der Waals surface area contributed by atoms with Crippen molar-refractivity contribution in [2.24, 2.45) is 5.73 Å². The Kier molecular flexibility index (Phi) is 2.96. The topological polar surface area (TPSA) is 95.2 Å². The monoisotopic (exact) mass is 143 g/mol. The molecule has 0 bridgehead atoms. The number of carbonyl (C=O) groups is 2. The van der Waals surface area contributed by atoms with Gasteiger partial charge in [0.1, 0.15) is 0 Å². The first kappa shape index (κ1) is 8.48. The van der Waals surface area contributed by atoms with Crippen molar-refractivity contribution in [1.29, 1.82) is 0 Å². The van der Waals surface area contributed by atoms with Gasteiger partial charge in [-0.15, -0.1) is 0 Å². The minimum Gasteiger partial charge on any atom is -0.550 e. The lowest BCUT2D eigenvalue weighted by molar-refractivity contribution is -0.304. The molecular weight excluding hydrogens is 136 g/mol. The molecule has 0 spiro atoms. The van der Waals surface area contributed by atoms with E-state index in [-0.39, 0.29) is 5.70 Å². The second-order valence-electron chi connectivity index (χ2n) is 1.64. The number of urea groups is 1. The summed E-state index contributed by atoms with van der Waals surface area (Å²) in [5.41, 5.74) is 4.67. The standard InChI is InChI=1S/C5H8N2O3/c1-3(2-4(8)9)7-5(6)10/h1-2H2,(H,8,9)(H3,6,7,10)/p-1. The molecule has 0 aromatic carbocycles. The number of rotatable bonds is 3. The van der Waals surface area contributed by atoms with Crippen LogP contribution in [0.15, 0.2) is 12.3 Å². The first-order valence-corrected chi connectivity index (χ1v) is 2.46. The van der Waals surface area contributed by atoms with Crippen LogP contribution in [0, 0.1) is 0 Å². The van der Waals surface area contributed by atoms with E-state index in [4.69, 9.17) is 0 Å². The highest BCUT2D eigenvalue weighted by atomic mass is 16.4. The van der Waals surface area contributed by atoms with Crippen LogP contribution in [0.3, 0.4) is 0 Å². The highest BCUT2D eigenvalue weighted by Gasteiger charge is 1.95. The van der Waals surface area contributed by atoms with E-state index in [0.29, 0.717) is 0 Å². The van der Waals surface area contributed by atoms with Gasteiger partial charge in [0.25, 0.3) is 0 Å². The predicted octanol–water partition coefficient (Wildman–Crippen LogP) is -1.69. The van der Waals surface area contributed by atoms with Gasteiger partial charge in [-0.05, 0) is 0 Å². The molecule has 5 heteroatoms. The number of amides is 2. The minimum absolute atomic E-state index is 0.0208. The van der Waals surface area contributed by atoms with E-state index in [9.17, 15) is 14.7 Å². The van der Waals surface area contributed by atoms with Crippen LogP contribution in [0.2, 0.25) is 0 Å². The van der Waals surface area contributed by atoms with Gasteiger partial charge in [0.05, 0.1) is 0 Å². The number of carboxylic acid groups (broad SMARTS) is 1. The molecule has 0 saturated heterocycles. The van der Waals surface area contributed by atoms with E-state index in [1.165, 1.54) is 0 Å². The first-order chi connectivity index (χ1) is 4.52. The van der Waals surface area contributed by atoms with Crippen LogP contribution in [-0.2, 0) is 4.79 Å². The molecule has 0 fully saturated rings. The zero-order chi connectivity index (χ0) is 8.15. The molecule has 0 unspecified atom stereocenters. The van der Waals surface area contributed by atoms with E-state index in [2.05, 4.69) is 12.3 Å². The summed E-state index contributed by atoms with van der Waals surface area (Å²) < 4.78 is 0. The van der Waals surface area contributed by atoms with Gasteiger partial charge in [0.2, 0.25) is 0 Å². The lowest BCUT2D eigenvalue weighted by Crippen LogP contribution is -2.32. The van der Waals surface area contributed by atoms with Crippen LogP contribution in [0.4, 0.5) is 4.79 Å². The Hall–Kier alpha value is -1.52. The second kappa shape index (κ2) is 3.49. The van der Waals surface area contributed by atoms with Crippen LogP contribution in [0.1, 0.15) is 6.42 Å². The number of hydrogen-bond acceptors (Lipinski definition) is 3. The van der Waals surface area contributed by atoms with Gasteiger partial charge in [-0.3, -0.25) is 0 Å². The van der Waals surface area contributed by atoms with Gasteiger partial charge in [-0.1, -0.05) is 6.58 Å². The molecule has 0 aliphatic rings. The van der Waals surface area contributed by atoms with Crippen LogP contribution < -0.4 is 16.2 Å². The van der Waals surface area contributed by atoms with Gasteiger partial charge in [-0.25, -0.2) is 4.79 Å². The third kappa shape index (κ3) is 4.63. The zero-order valence-corrected chi connectivity index (χ0v) is 5.22. The summed E-state index contributed by atoms with van der Waals surface area (Å²) in [6, 6.07) is -0.828. The molecule has 0 radical (unpaired) electrons. The number of primary amides is 1. The summed E-state index contributed by atoms with van der Waals surface area (Å²) in [6.45, 7) is 3.20. The van der Waals surface area contributed by atoms with Crippen molar-refractivity contribution in [2.45, 2.75) is 6.42 Å². The smallest absolute Gasteiger partial charge is 0.316 e. The van der Waals surface area contributed by atoms with E-state index in [1.807, 2.05) is 5.32 Å². The van der Waals surface area contributed by atoms with E-state index in [1.54, 1.807) is 0 Å². The molecule has 0 aromatic rings. The molecule has 0 rings (SSSR count). The Bertz CT molecular complexity index is 158. The van der Waals surface area contributed by atoms with Crippen LogP contribution >= 0.6 is 0 Å². The number of nitrogens with two attached hydrogens (primary N) is 1. The molecule has 2 amide bonds. The average Bonchev–Trinajstić information content (AvgIpc) is 1.58. The zero-order valence-electron chi connectivity index (χ0n) is 5.22. The summed E-state index contributed by atoms with van der Waals surface area (Å²) in [6.07, 6.45) is -0.414. The Morgan fingerprint density at radius 1 is 1.60 bits per heavy atom. The minimum atomic E-state index is -1.31. The first-order valence-electron chi connectivity index (χ1n) is 2.46. The SMILES string of the molecule is C=C(CC(=O)[O-])NC(N)=O. The van der Waals surface area contributed by atoms with Crippen molar-refractivity contribution in [2.75, 3.05) is 0 Å². The van der Waals surface area contributed by atoms with Crippen molar-refractivity contribution in [3.8, 4) is 0 Å². The van der Waals surface area contributed by atoms with Crippen molar-refractivity contribution < 1.29 is 14.7 Å². The molecule has 0 atom stereocenters. The quantitative estimate of drug-likeness (QED) is 0.493. The molecule has 3 N–H and O–H groups in total. The maximum absolute atomic E-state index is 10.0. The van der Waals surface area contributed by atoms with Gasteiger partial charge < -0.3 is 21.0 Å². The molecule has 0 aliphatic carbocycles. The maximum Gasteiger partial charge on any atom is 0.316 e. The number of aliphatic carboxylic acids is 1. The Labute approximate surface area is 57.5 Å². The Balaban J connectivity index is 3.65. The summed E-state index contributed by atoms with van der Waals surface area (Å²) in [7, 11) is 0. The van der Waals surface area contributed by atoms with Gasteiger partial charge >= 0.3 is 6.03 Å². The van der Waals surface area contributed by atoms with Crippen molar-refractivity contribution in [3.63, 3.8) is 0 Å². The highest BCUT2D eigenvalue weighted by Crippen LogP contribution is 1.88. The fourth-order valence-corrected chi connectivity index (χ4v) is 0.393. The Morgan fingerprint density at radius 3 is 2.40 bits per heavy atom. The average molecular weight is 143 g/mol. The largest absolute Gasteiger partial charge is 0.550 e. The third-order valence-corrected chi connectivity index (χ3v) is 0.658. The lowest BCUT2D eigenvalue weighted by atomic mass is 10.3. The summed E-state index contributed by atoms with van der Waals surface area (Å²) in [5.74, 6) is -1.31. The molecule has 0 aromatic heterocycles. The van der Waals surface area contributed by atoms with Crippen LogP contribution in [0.25, 0.3) is 0 Å². The van der Waals surface area contributed by atoms with Crippen LogP contribution in [0.5, 0.6) is 0 Å². The maximum atomic E-state index is 10.0. The van der Waals surface area contributed by atoms with Gasteiger partial charge in [0.15, 0.2) is 0 Å². The summed E-state index contributed by atoms with van der Waals surface area (Å²) in [4.78, 5) is 19.9. The third-order valence-electron chi connectivity index (χ3n) is 0.658. The van der Waals surface area contributed by atoms with Crippen LogP contribution in [-0.4, -0.2) is 12.0 Å². The predicted molar refractivity (Wildman–Crippen MR) is 31.5 cm³/mol. The fourth-order valence-electron chi connectivity index (χ4n) is 0.393. The van der Waals surface area contributed by atoms with Crippen molar-refractivity contribution >= 4 is 12.0 Å². The molecule has 10 heavy (non-hydrogen) atoms. The normalized spacial score (nSPS) is 8.40. The fraction of sp³-hybridized carbons (Fsp3) is 0.200. The lowest BCUT2D eigenvalue weighted by Gasteiger charge is -2.04. The number of carboxylic acids is 1. The second-order valence-corrected chi connectivity index (χ2v) is 1.64. The number of carbonyl (C=O) groups excluding carboxylic acids is 2. The van der Waals surface area contributed by atoms with Crippen molar-refractivity contribution in [1.82, 2.24) is 5.32 Å². The molecule has 0 saturated carbocycles. The molecule has 0 aliphatic heterocycles. The molecule has 0 heterocycles. The molecule has 5 nitrogen and oxygen atoms in total.